The van der Waals surface area contributed by atoms with Crippen LogP contribution in [0.4, 0.5) is 15.8 Å². The average Bonchev–Trinajstić information content (AvgIpc) is 2.85. The molecule has 3 fully saturated rings. The summed E-state index contributed by atoms with van der Waals surface area (Å²) in [5.41, 5.74) is 0.584. The van der Waals surface area contributed by atoms with Gasteiger partial charge in [0, 0.05) is 18.2 Å². The maximum Gasteiger partial charge on any atom is 0.258 e. The molecule has 0 spiro atoms. The molecule has 0 radical (unpaired) electrons. The fourth-order valence-electron chi connectivity index (χ4n) is 5.41. The van der Waals surface area contributed by atoms with Crippen LogP contribution in [0.25, 0.3) is 0 Å². The Balaban J connectivity index is 1.16. The van der Waals surface area contributed by atoms with Gasteiger partial charge in [-0.1, -0.05) is 23.7 Å². The fourth-order valence-corrected chi connectivity index (χ4v) is 5.53. The first kappa shape index (κ1) is 23.7. The topological polar surface area (TPSA) is 112 Å². The zero-order chi connectivity index (χ0) is 24.6. The molecule has 10 heteroatoms. The number of amides is 2. The molecule has 6 rings (SSSR count). The third-order valence-corrected chi connectivity index (χ3v) is 7.74. The van der Waals surface area contributed by atoms with Crippen molar-refractivity contribution < 1.29 is 23.8 Å². The van der Waals surface area contributed by atoms with E-state index < -0.39 is 34.9 Å². The zero-order valence-electron chi connectivity index (χ0n) is 19.1. The number of fused-ring (bicyclic) bond motifs is 4. The molecule has 0 aromatic heterocycles. The Bertz CT molecular complexity index is 1140. The predicted octanol–water partition coefficient (Wildman–Crippen LogP) is 2.81. The summed E-state index contributed by atoms with van der Waals surface area (Å²) in [4.78, 5) is 25.6. The van der Waals surface area contributed by atoms with E-state index in [1.165, 1.54) is 12.1 Å². The van der Waals surface area contributed by atoms with Gasteiger partial charge in [0.1, 0.15) is 17.6 Å². The molecule has 1 aliphatic heterocycles. The molecule has 1 heterocycles. The minimum atomic E-state index is -0.805. The number of hydrogen-bond acceptors (Lipinski definition) is 6. The quantitative estimate of drug-likeness (QED) is 0.415. The molecule has 3 aliphatic carbocycles. The average molecular weight is 503 g/mol. The molecule has 5 N–H and O–H groups in total. The molecule has 2 aromatic carbocycles. The van der Waals surface area contributed by atoms with Gasteiger partial charge in [-0.3, -0.25) is 9.59 Å². The van der Waals surface area contributed by atoms with Crippen molar-refractivity contribution in [2.24, 2.45) is 0 Å². The number of carbonyl (C=O) groups is 2. The summed E-state index contributed by atoms with van der Waals surface area (Å²) >= 11 is 5.67. The highest BCUT2D eigenvalue weighted by atomic mass is 35.5. The zero-order valence-corrected chi connectivity index (χ0v) is 19.8. The second kappa shape index (κ2) is 9.20. The van der Waals surface area contributed by atoms with Crippen LogP contribution in [-0.4, -0.2) is 53.3 Å². The number of nitrogens with one attached hydrogen (secondary N) is 4. The maximum atomic E-state index is 13.6. The van der Waals surface area contributed by atoms with Gasteiger partial charge < -0.3 is 31.1 Å². The number of benzene rings is 2. The highest BCUT2D eigenvalue weighted by molar-refractivity contribution is 6.30. The molecule has 3 saturated carbocycles. The van der Waals surface area contributed by atoms with E-state index in [-0.39, 0.29) is 23.3 Å². The van der Waals surface area contributed by atoms with E-state index in [0.29, 0.717) is 38.6 Å². The number of aliphatic hydroxyl groups excluding tert-OH is 1. The van der Waals surface area contributed by atoms with E-state index >= 15 is 0 Å². The van der Waals surface area contributed by atoms with Gasteiger partial charge in [-0.25, -0.2) is 4.39 Å². The first-order chi connectivity index (χ1) is 16.8. The normalized spacial score (nSPS) is 28.8. The van der Waals surface area contributed by atoms with Gasteiger partial charge in [0.2, 0.25) is 5.91 Å². The van der Waals surface area contributed by atoms with Crippen LogP contribution in [0.15, 0.2) is 42.5 Å². The highest BCUT2D eigenvalue weighted by Gasteiger charge is 2.55. The third-order valence-electron chi connectivity index (χ3n) is 7.43. The van der Waals surface area contributed by atoms with Crippen molar-refractivity contribution in [1.82, 2.24) is 10.6 Å². The molecule has 1 unspecified atom stereocenters. The second-order valence-electron chi connectivity index (χ2n) is 9.68. The van der Waals surface area contributed by atoms with Gasteiger partial charge in [-0.15, -0.1) is 0 Å². The van der Waals surface area contributed by atoms with Gasteiger partial charge in [0.25, 0.3) is 5.91 Å². The van der Waals surface area contributed by atoms with Crippen molar-refractivity contribution in [1.29, 1.82) is 0 Å². The van der Waals surface area contributed by atoms with Crippen molar-refractivity contribution in [2.75, 3.05) is 23.8 Å². The van der Waals surface area contributed by atoms with Gasteiger partial charge in [-0.05, 0) is 56.4 Å². The van der Waals surface area contributed by atoms with Crippen LogP contribution in [0.1, 0.15) is 32.1 Å². The molecule has 2 bridgehead atoms. The van der Waals surface area contributed by atoms with E-state index in [9.17, 15) is 19.1 Å². The number of hydrogen-bond donors (Lipinski definition) is 5. The van der Waals surface area contributed by atoms with E-state index in [4.69, 9.17) is 16.3 Å². The van der Waals surface area contributed by atoms with E-state index in [0.717, 1.165) is 17.4 Å². The van der Waals surface area contributed by atoms with E-state index in [1.54, 1.807) is 0 Å². The molecular formula is C25H28ClFN4O4. The lowest BCUT2D eigenvalue weighted by atomic mass is 9.59. The minimum Gasteiger partial charge on any atom is -0.484 e. The van der Waals surface area contributed by atoms with E-state index in [1.807, 2.05) is 24.3 Å². The summed E-state index contributed by atoms with van der Waals surface area (Å²) in [6, 6.07) is 11.3. The smallest absolute Gasteiger partial charge is 0.258 e. The Morgan fingerprint density at radius 2 is 1.86 bits per heavy atom. The number of anilines is 2. The monoisotopic (exact) mass is 502 g/mol. The van der Waals surface area contributed by atoms with E-state index in [2.05, 4.69) is 21.3 Å². The van der Waals surface area contributed by atoms with Crippen molar-refractivity contribution in [2.45, 2.75) is 55.3 Å². The molecule has 2 atom stereocenters. The Morgan fingerprint density at radius 1 is 1.11 bits per heavy atom. The highest BCUT2D eigenvalue weighted by Crippen LogP contribution is 2.47. The van der Waals surface area contributed by atoms with Gasteiger partial charge in [-0.2, -0.15) is 0 Å². The van der Waals surface area contributed by atoms with Gasteiger partial charge >= 0.3 is 0 Å². The number of para-hydroxylation sites is 2. The summed E-state index contributed by atoms with van der Waals surface area (Å²) in [6.07, 6.45) is 1.93. The van der Waals surface area contributed by atoms with Crippen molar-refractivity contribution in [3.05, 3.63) is 53.3 Å². The molecule has 35 heavy (non-hydrogen) atoms. The van der Waals surface area contributed by atoms with Crippen LogP contribution in [-0.2, 0) is 9.59 Å². The van der Waals surface area contributed by atoms with Crippen LogP contribution < -0.4 is 26.0 Å². The fraction of sp³-hybridized carbons (Fsp3) is 0.440. The summed E-state index contributed by atoms with van der Waals surface area (Å²) in [5, 5.41) is 23.6. The molecule has 186 valence electrons. The number of rotatable bonds is 6. The molecule has 4 aliphatic rings. The lowest BCUT2D eigenvalue weighted by Gasteiger charge is -2.56. The first-order valence-corrected chi connectivity index (χ1v) is 12.1. The standard InChI is InChI=1S/C25H28ClFN4O4/c26-16-6-5-15(11-17(16)27)35-14-22(33)30-25-9-7-24(8-10-25,12-21(25)32)31-23(34)20-13-28-18-3-1-2-4-19(18)29-20/h1-6,11,20-21,28-29,32H,7-10,12-14H2,(H,30,33)(H,31,34)/t20?,21-,24?,25?/m0/s1. The first-order valence-electron chi connectivity index (χ1n) is 11.8. The number of carbonyl (C=O) groups excluding carboxylic acids is 2. The molecular weight excluding hydrogens is 475 g/mol. The SMILES string of the molecule is O=C(COc1ccc(Cl)c(F)c1)NC12CCC(NC(=O)C3CNc4ccccc4N3)(CC1)C[C@@H]2O. The number of aliphatic hydroxyl groups is 1. The second-order valence-corrected chi connectivity index (χ2v) is 10.1. The predicted molar refractivity (Wildman–Crippen MR) is 130 cm³/mol. The van der Waals surface area contributed by atoms with Crippen molar-refractivity contribution in [3.63, 3.8) is 0 Å². The van der Waals surface area contributed by atoms with Crippen LogP contribution in [0.3, 0.4) is 0 Å². The van der Waals surface area contributed by atoms with Crippen LogP contribution in [0.2, 0.25) is 5.02 Å². The Morgan fingerprint density at radius 3 is 2.57 bits per heavy atom. The number of halogens is 2. The lowest BCUT2D eigenvalue weighted by Crippen LogP contribution is -2.71. The van der Waals surface area contributed by atoms with Gasteiger partial charge in [0.15, 0.2) is 6.61 Å². The third kappa shape index (κ3) is 4.75. The van der Waals surface area contributed by atoms with Crippen molar-refractivity contribution >= 4 is 34.8 Å². The largest absolute Gasteiger partial charge is 0.484 e. The summed E-state index contributed by atoms with van der Waals surface area (Å²) in [7, 11) is 0. The van der Waals surface area contributed by atoms with Crippen LogP contribution in [0, 0.1) is 5.82 Å². The molecule has 2 aromatic rings. The Hall–Kier alpha value is -3.04. The molecule has 0 saturated heterocycles. The van der Waals surface area contributed by atoms with Gasteiger partial charge in [0.05, 0.1) is 28.0 Å². The molecule has 8 nitrogen and oxygen atoms in total. The Kier molecular flexibility index (Phi) is 6.23. The van der Waals surface area contributed by atoms with Crippen LogP contribution >= 0.6 is 11.6 Å². The number of ether oxygens (including phenoxy) is 1. The lowest BCUT2D eigenvalue weighted by molar-refractivity contribution is -0.136. The van der Waals surface area contributed by atoms with Crippen molar-refractivity contribution in [3.8, 4) is 5.75 Å². The van der Waals surface area contributed by atoms with Crippen LogP contribution in [0.5, 0.6) is 5.75 Å². The minimum absolute atomic E-state index is 0.0239. The maximum absolute atomic E-state index is 13.6. The summed E-state index contributed by atoms with van der Waals surface area (Å²) in [5.74, 6) is -0.933. The molecule has 2 amide bonds. The Labute approximate surface area is 207 Å². The summed E-state index contributed by atoms with van der Waals surface area (Å²) in [6.45, 7) is 0.165. The summed E-state index contributed by atoms with van der Waals surface area (Å²) < 4.78 is 19.0.